The molecule has 0 bridgehead atoms. The number of rotatable bonds is 6. The first-order valence-corrected chi connectivity index (χ1v) is 12.0. The summed E-state index contributed by atoms with van der Waals surface area (Å²) in [4.78, 5) is 17.2. The Hall–Kier alpha value is -3.04. The number of nitrogens with one attached hydrogen (secondary N) is 1. The van der Waals surface area contributed by atoms with Gasteiger partial charge in [-0.05, 0) is 49.6 Å². The van der Waals surface area contributed by atoms with E-state index in [1.54, 1.807) is 54.2 Å². The Balaban J connectivity index is 1.47. The van der Waals surface area contributed by atoms with Crippen LogP contribution in [0.5, 0.6) is 0 Å². The molecule has 168 valence electrons. The number of carbonyl (C=O) groups is 1. The van der Waals surface area contributed by atoms with Crippen LogP contribution in [-0.4, -0.2) is 40.8 Å². The van der Waals surface area contributed by atoms with E-state index in [9.17, 15) is 17.6 Å². The van der Waals surface area contributed by atoms with Gasteiger partial charge < -0.3 is 9.88 Å². The first-order valence-electron chi connectivity index (χ1n) is 10.5. The van der Waals surface area contributed by atoms with E-state index < -0.39 is 21.9 Å². The maximum Gasteiger partial charge on any atom is 0.243 e. The van der Waals surface area contributed by atoms with Crippen LogP contribution >= 0.6 is 0 Å². The molecule has 2 aromatic carbocycles. The SMILES string of the molecule is Cc1nccn1-c1ccc(CNC(=O)C2CCCCN2S(=O)(=O)c2ccccc2)cc1F. The van der Waals surface area contributed by atoms with Crippen LogP contribution in [0, 0.1) is 12.7 Å². The predicted molar refractivity (Wildman–Crippen MR) is 118 cm³/mol. The Bertz CT molecular complexity index is 1210. The number of amides is 1. The van der Waals surface area contributed by atoms with E-state index in [1.165, 1.54) is 22.5 Å². The molecule has 3 aromatic rings. The van der Waals surface area contributed by atoms with Crippen molar-refractivity contribution in [2.45, 2.75) is 43.7 Å². The number of aromatic nitrogens is 2. The Morgan fingerprint density at radius 1 is 1.19 bits per heavy atom. The van der Waals surface area contributed by atoms with Crippen LogP contribution in [0.4, 0.5) is 4.39 Å². The summed E-state index contributed by atoms with van der Waals surface area (Å²) < 4.78 is 43.7. The summed E-state index contributed by atoms with van der Waals surface area (Å²) in [6, 6.07) is 12.1. The number of piperidine rings is 1. The van der Waals surface area contributed by atoms with Crippen molar-refractivity contribution in [3.8, 4) is 5.69 Å². The fraction of sp³-hybridized carbons (Fsp3) is 0.304. The number of hydrogen-bond donors (Lipinski definition) is 1. The highest BCUT2D eigenvalue weighted by Crippen LogP contribution is 2.25. The molecular weight excluding hydrogens is 431 g/mol. The molecule has 32 heavy (non-hydrogen) atoms. The fourth-order valence-electron chi connectivity index (χ4n) is 3.98. The monoisotopic (exact) mass is 456 g/mol. The van der Waals surface area contributed by atoms with E-state index in [1.807, 2.05) is 0 Å². The van der Waals surface area contributed by atoms with Crippen molar-refractivity contribution in [2.75, 3.05) is 6.54 Å². The highest BCUT2D eigenvalue weighted by atomic mass is 32.2. The number of hydrogen-bond acceptors (Lipinski definition) is 4. The van der Waals surface area contributed by atoms with Gasteiger partial charge in [-0.15, -0.1) is 0 Å². The summed E-state index contributed by atoms with van der Waals surface area (Å²) in [5, 5.41) is 2.78. The largest absolute Gasteiger partial charge is 0.351 e. The van der Waals surface area contributed by atoms with Gasteiger partial charge in [0.15, 0.2) is 0 Å². The summed E-state index contributed by atoms with van der Waals surface area (Å²) in [6.45, 7) is 2.19. The minimum atomic E-state index is -3.78. The van der Waals surface area contributed by atoms with Crippen molar-refractivity contribution in [3.63, 3.8) is 0 Å². The molecule has 0 radical (unpaired) electrons. The normalized spacial score (nSPS) is 17.2. The van der Waals surface area contributed by atoms with Gasteiger partial charge in [-0.2, -0.15) is 4.31 Å². The molecular formula is C23H25FN4O3S. The van der Waals surface area contributed by atoms with Crippen molar-refractivity contribution < 1.29 is 17.6 Å². The molecule has 1 atom stereocenters. The van der Waals surface area contributed by atoms with E-state index in [2.05, 4.69) is 10.3 Å². The van der Waals surface area contributed by atoms with Crippen LogP contribution in [0.1, 0.15) is 30.7 Å². The van der Waals surface area contributed by atoms with Crippen LogP contribution < -0.4 is 5.32 Å². The number of halogens is 1. The Morgan fingerprint density at radius 2 is 1.97 bits per heavy atom. The van der Waals surface area contributed by atoms with E-state index in [4.69, 9.17) is 0 Å². The summed E-state index contributed by atoms with van der Waals surface area (Å²) in [6.07, 6.45) is 5.20. The lowest BCUT2D eigenvalue weighted by Crippen LogP contribution is -2.51. The van der Waals surface area contributed by atoms with E-state index in [-0.39, 0.29) is 17.3 Å². The molecule has 1 aliphatic rings. The van der Waals surface area contributed by atoms with Gasteiger partial charge in [0.2, 0.25) is 15.9 Å². The quantitative estimate of drug-likeness (QED) is 0.618. The first kappa shape index (κ1) is 22.2. The second kappa shape index (κ2) is 9.22. The zero-order valence-electron chi connectivity index (χ0n) is 17.7. The first-order chi connectivity index (χ1) is 15.4. The number of carbonyl (C=O) groups excluding carboxylic acids is 1. The molecule has 0 saturated carbocycles. The predicted octanol–water partition coefficient (Wildman–Crippen LogP) is 3.18. The number of imidazole rings is 1. The van der Waals surface area contributed by atoms with Crippen LogP contribution in [0.3, 0.4) is 0 Å². The number of benzene rings is 2. The third kappa shape index (κ3) is 4.44. The molecule has 2 heterocycles. The average Bonchev–Trinajstić information content (AvgIpc) is 3.23. The third-order valence-corrected chi connectivity index (χ3v) is 7.59. The van der Waals surface area contributed by atoms with Crippen molar-refractivity contribution >= 4 is 15.9 Å². The molecule has 9 heteroatoms. The molecule has 0 spiro atoms. The number of nitrogens with zero attached hydrogens (tertiary/aromatic N) is 3. The molecule has 1 unspecified atom stereocenters. The lowest BCUT2D eigenvalue weighted by molar-refractivity contribution is -0.125. The van der Waals surface area contributed by atoms with Crippen molar-refractivity contribution in [1.82, 2.24) is 19.2 Å². The lowest BCUT2D eigenvalue weighted by Gasteiger charge is -2.33. The Morgan fingerprint density at radius 3 is 2.66 bits per heavy atom. The highest BCUT2D eigenvalue weighted by molar-refractivity contribution is 7.89. The number of sulfonamides is 1. The van der Waals surface area contributed by atoms with E-state index in [0.717, 1.165) is 6.42 Å². The zero-order valence-corrected chi connectivity index (χ0v) is 18.6. The van der Waals surface area contributed by atoms with Crippen LogP contribution in [0.15, 0.2) is 65.8 Å². The van der Waals surface area contributed by atoms with Crippen molar-refractivity contribution in [2.24, 2.45) is 0 Å². The zero-order chi connectivity index (χ0) is 22.7. The third-order valence-electron chi connectivity index (χ3n) is 5.67. The Kier molecular flexibility index (Phi) is 6.38. The molecule has 0 aliphatic carbocycles. The average molecular weight is 457 g/mol. The van der Waals surface area contributed by atoms with Gasteiger partial charge in [0.25, 0.3) is 0 Å². The molecule has 1 saturated heterocycles. The van der Waals surface area contributed by atoms with Gasteiger partial charge in [-0.25, -0.2) is 17.8 Å². The summed E-state index contributed by atoms with van der Waals surface area (Å²) in [5.41, 5.74) is 0.966. The van der Waals surface area contributed by atoms with Gasteiger partial charge in [0.1, 0.15) is 17.7 Å². The summed E-state index contributed by atoms with van der Waals surface area (Å²) in [5.74, 6) is -0.134. The maximum absolute atomic E-state index is 14.6. The molecule has 1 fully saturated rings. The van der Waals surface area contributed by atoms with Crippen LogP contribution in [0.2, 0.25) is 0 Å². The molecule has 1 aliphatic heterocycles. The van der Waals surface area contributed by atoms with Crippen LogP contribution in [0.25, 0.3) is 5.69 Å². The van der Waals surface area contributed by atoms with Gasteiger partial charge in [-0.1, -0.05) is 30.7 Å². The molecule has 1 aromatic heterocycles. The van der Waals surface area contributed by atoms with Crippen molar-refractivity contribution in [1.29, 1.82) is 0 Å². The lowest BCUT2D eigenvalue weighted by atomic mass is 10.0. The summed E-state index contributed by atoms with van der Waals surface area (Å²) in [7, 11) is -3.78. The molecule has 1 amide bonds. The fourth-order valence-corrected chi connectivity index (χ4v) is 5.66. The minimum Gasteiger partial charge on any atom is -0.351 e. The number of aryl methyl sites for hydroxylation is 1. The smallest absolute Gasteiger partial charge is 0.243 e. The van der Waals surface area contributed by atoms with E-state index in [0.29, 0.717) is 36.5 Å². The maximum atomic E-state index is 14.6. The second-order valence-electron chi connectivity index (χ2n) is 7.79. The van der Waals surface area contributed by atoms with Gasteiger partial charge in [-0.3, -0.25) is 4.79 Å². The Labute approximate surface area is 186 Å². The molecule has 7 nitrogen and oxygen atoms in total. The van der Waals surface area contributed by atoms with Gasteiger partial charge >= 0.3 is 0 Å². The summed E-state index contributed by atoms with van der Waals surface area (Å²) >= 11 is 0. The van der Waals surface area contributed by atoms with E-state index >= 15 is 0 Å². The molecule has 4 rings (SSSR count). The topological polar surface area (TPSA) is 84.3 Å². The van der Waals surface area contributed by atoms with Gasteiger partial charge in [0.05, 0.1) is 10.6 Å². The molecule has 1 N–H and O–H groups in total. The highest BCUT2D eigenvalue weighted by Gasteiger charge is 2.37. The van der Waals surface area contributed by atoms with Crippen molar-refractivity contribution in [3.05, 3.63) is 78.1 Å². The second-order valence-corrected chi connectivity index (χ2v) is 9.68. The minimum absolute atomic E-state index is 0.106. The van der Waals surface area contributed by atoms with Gasteiger partial charge in [0, 0.05) is 25.5 Å². The standard InChI is InChI=1S/C23H25FN4O3S/c1-17-25-12-14-27(17)21-11-10-18(15-20(21)24)16-26-23(29)22-9-5-6-13-28(22)32(30,31)19-7-3-2-4-8-19/h2-4,7-8,10-12,14-15,22H,5-6,9,13,16H2,1H3,(H,26,29). The van der Waals surface area contributed by atoms with Crippen LogP contribution in [-0.2, 0) is 21.4 Å².